The Bertz CT molecular complexity index is 3370. The minimum Gasteiger partial charge on any atom is -0.310 e. The van der Waals surface area contributed by atoms with Gasteiger partial charge in [0.05, 0.1) is 5.52 Å². The molecule has 266 valence electrons. The Balaban J connectivity index is 0.956. The summed E-state index contributed by atoms with van der Waals surface area (Å²) in [5.74, 6) is 0. The van der Waals surface area contributed by atoms with Crippen molar-refractivity contribution < 1.29 is 0 Å². The highest BCUT2D eigenvalue weighted by Gasteiger charge is 2.16. The molecule has 12 rings (SSSR count). The molecule has 0 spiro atoms. The van der Waals surface area contributed by atoms with E-state index in [4.69, 9.17) is 0 Å². The molecule has 12 aromatic rings. The van der Waals surface area contributed by atoms with Gasteiger partial charge in [-0.25, -0.2) is 0 Å². The molecule has 0 N–H and O–H groups in total. The second-order valence-electron chi connectivity index (χ2n) is 14.8. The first-order chi connectivity index (χ1) is 28.2. The van der Waals surface area contributed by atoms with Crippen LogP contribution >= 0.6 is 22.7 Å². The maximum Gasteiger partial charge on any atom is 0.0702 e. The summed E-state index contributed by atoms with van der Waals surface area (Å²) in [5, 5.41) is 11.4. The summed E-state index contributed by atoms with van der Waals surface area (Å²) in [6.45, 7) is 0. The van der Waals surface area contributed by atoms with Crippen LogP contribution in [0.2, 0.25) is 0 Å². The van der Waals surface area contributed by atoms with Crippen molar-refractivity contribution in [2.75, 3.05) is 4.90 Å². The Hall–Kier alpha value is -6.85. The van der Waals surface area contributed by atoms with E-state index in [9.17, 15) is 0 Å². The maximum atomic E-state index is 4.69. The smallest absolute Gasteiger partial charge is 0.0702 e. The Labute approximate surface area is 337 Å². The third-order valence-corrected chi connectivity index (χ3v) is 13.7. The molecule has 0 atom stereocenters. The maximum absolute atomic E-state index is 4.69. The minimum absolute atomic E-state index is 1.02. The second-order valence-corrected chi connectivity index (χ2v) is 17.0. The molecule has 0 saturated heterocycles. The summed E-state index contributed by atoms with van der Waals surface area (Å²) in [6, 6.07) is 69.1. The predicted molar refractivity (Wildman–Crippen MR) is 248 cm³/mol. The van der Waals surface area contributed by atoms with Gasteiger partial charge >= 0.3 is 0 Å². The van der Waals surface area contributed by atoms with Crippen LogP contribution in [0.4, 0.5) is 17.1 Å². The lowest BCUT2D eigenvalue weighted by atomic mass is 10.00. The molecule has 0 amide bonds. The van der Waals surface area contributed by atoms with Crippen LogP contribution in [-0.2, 0) is 0 Å². The molecule has 9 aromatic carbocycles. The van der Waals surface area contributed by atoms with Gasteiger partial charge in [-0.15, -0.1) is 22.7 Å². The number of para-hydroxylation sites is 1. The van der Waals surface area contributed by atoms with Gasteiger partial charge in [-0.05, 0) is 123 Å². The summed E-state index contributed by atoms with van der Waals surface area (Å²) in [7, 11) is 0. The molecule has 0 aliphatic carbocycles. The first-order valence-electron chi connectivity index (χ1n) is 19.2. The third kappa shape index (κ3) is 5.48. The highest BCUT2D eigenvalue weighted by atomic mass is 32.1. The van der Waals surface area contributed by atoms with Gasteiger partial charge in [-0.3, -0.25) is 4.98 Å². The zero-order valence-electron chi connectivity index (χ0n) is 30.7. The zero-order chi connectivity index (χ0) is 37.5. The quantitative estimate of drug-likeness (QED) is 0.174. The van der Waals surface area contributed by atoms with E-state index in [1.807, 2.05) is 34.9 Å². The molecule has 2 nitrogen and oxygen atoms in total. The highest BCUT2D eigenvalue weighted by molar-refractivity contribution is 7.26. The molecule has 3 heterocycles. The number of pyridine rings is 1. The molecular formula is C53H32N2S2. The van der Waals surface area contributed by atoms with Crippen molar-refractivity contribution in [3.63, 3.8) is 0 Å². The van der Waals surface area contributed by atoms with E-state index in [2.05, 4.69) is 192 Å². The van der Waals surface area contributed by atoms with Crippen molar-refractivity contribution in [3.05, 3.63) is 194 Å². The number of aromatic nitrogens is 1. The standard InChI is InChI=1S/C53H32N2S2/c1-4-10-49-38(7-1)25-41(32-54-49)35-15-13-33(14-16-35)34-17-21-42(22-18-34)55(43-23-19-36-28-47-45-8-2-5-11-50(45)56-52(47)30-39(36)26-43)44-24-20-37-29-48-46-9-3-6-12-51(46)57-53(48)31-40(37)27-44/h1-32H. The van der Waals surface area contributed by atoms with Crippen LogP contribution < -0.4 is 4.90 Å². The molecule has 57 heavy (non-hydrogen) atoms. The number of nitrogens with zero attached hydrogens (tertiary/aromatic N) is 2. The average molecular weight is 761 g/mol. The molecule has 0 aliphatic heterocycles. The summed E-state index contributed by atoms with van der Waals surface area (Å²) >= 11 is 3.74. The van der Waals surface area contributed by atoms with Crippen LogP contribution in [0.15, 0.2) is 194 Å². The van der Waals surface area contributed by atoms with Crippen molar-refractivity contribution in [2.45, 2.75) is 0 Å². The fourth-order valence-corrected chi connectivity index (χ4v) is 10.8. The Morgan fingerprint density at radius 2 is 0.807 bits per heavy atom. The topological polar surface area (TPSA) is 16.1 Å². The number of fused-ring (bicyclic) bond motifs is 9. The highest BCUT2D eigenvalue weighted by Crippen LogP contribution is 2.43. The van der Waals surface area contributed by atoms with E-state index in [1.54, 1.807) is 0 Å². The van der Waals surface area contributed by atoms with E-state index in [-0.39, 0.29) is 0 Å². The van der Waals surface area contributed by atoms with Crippen molar-refractivity contribution >= 4 is 113 Å². The third-order valence-electron chi connectivity index (χ3n) is 11.4. The van der Waals surface area contributed by atoms with Crippen LogP contribution in [0, 0.1) is 0 Å². The lowest BCUT2D eigenvalue weighted by Crippen LogP contribution is -2.09. The lowest BCUT2D eigenvalue weighted by Gasteiger charge is -2.26. The van der Waals surface area contributed by atoms with Crippen molar-refractivity contribution in [3.8, 4) is 22.3 Å². The molecule has 0 saturated carbocycles. The Morgan fingerprint density at radius 1 is 0.316 bits per heavy atom. The van der Waals surface area contributed by atoms with Crippen molar-refractivity contribution in [1.29, 1.82) is 0 Å². The van der Waals surface area contributed by atoms with Crippen LogP contribution in [0.25, 0.3) is 95.0 Å². The minimum atomic E-state index is 1.02. The van der Waals surface area contributed by atoms with Gasteiger partial charge in [0.2, 0.25) is 0 Å². The van der Waals surface area contributed by atoms with E-state index in [0.29, 0.717) is 0 Å². The monoisotopic (exact) mass is 760 g/mol. The predicted octanol–water partition coefficient (Wildman–Crippen LogP) is 16.1. The largest absolute Gasteiger partial charge is 0.310 e. The van der Waals surface area contributed by atoms with E-state index in [0.717, 1.165) is 39.1 Å². The van der Waals surface area contributed by atoms with Gasteiger partial charge in [0.1, 0.15) is 0 Å². The normalized spacial score (nSPS) is 11.9. The van der Waals surface area contributed by atoms with E-state index < -0.39 is 0 Å². The summed E-state index contributed by atoms with van der Waals surface area (Å²) in [5.41, 5.74) is 9.03. The first kappa shape index (κ1) is 32.4. The number of rotatable bonds is 5. The number of hydrogen-bond acceptors (Lipinski definition) is 4. The average Bonchev–Trinajstić information content (AvgIpc) is 3.82. The first-order valence-corrected chi connectivity index (χ1v) is 20.9. The van der Waals surface area contributed by atoms with Gasteiger partial charge < -0.3 is 4.90 Å². The summed E-state index contributed by atoms with van der Waals surface area (Å²) < 4.78 is 5.29. The number of hydrogen-bond donors (Lipinski definition) is 0. The van der Waals surface area contributed by atoms with E-state index >= 15 is 0 Å². The van der Waals surface area contributed by atoms with Gasteiger partial charge in [0.15, 0.2) is 0 Å². The SMILES string of the molecule is c1ccc2ncc(-c3ccc(-c4ccc(N(c5ccc6cc7c(cc6c5)sc5ccccc57)c5ccc6cc7c(cc6c5)sc5ccccc57)cc4)cc3)cc2c1. The molecule has 0 unspecified atom stereocenters. The van der Waals surface area contributed by atoms with Gasteiger partial charge in [-0.2, -0.15) is 0 Å². The molecule has 0 radical (unpaired) electrons. The molecule has 4 heteroatoms. The molecule has 0 bridgehead atoms. The molecule has 3 aromatic heterocycles. The molecular weight excluding hydrogens is 729 g/mol. The van der Waals surface area contributed by atoms with Crippen molar-refractivity contribution in [2.24, 2.45) is 0 Å². The molecule has 0 fully saturated rings. The number of benzene rings is 9. The van der Waals surface area contributed by atoms with Crippen LogP contribution in [-0.4, -0.2) is 4.98 Å². The summed E-state index contributed by atoms with van der Waals surface area (Å²) in [4.78, 5) is 7.09. The Morgan fingerprint density at radius 3 is 1.40 bits per heavy atom. The summed E-state index contributed by atoms with van der Waals surface area (Å²) in [6.07, 6.45) is 1.97. The zero-order valence-corrected chi connectivity index (χ0v) is 32.3. The van der Waals surface area contributed by atoms with Crippen molar-refractivity contribution in [1.82, 2.24) is 4.98 Å². The lowest BCUT2D eigenvalue weighted by molar-refractivity contribution is 1.29. The van der Waals surface area contributed by atoms with E-state index in [1.165, 1.54) is 73.0 Å². The fraction of sp³-hybridized carbons (Fsp3) is 0. The Kier molecular flexibility index (Phi) is 7.31. The van der Waals surface area contributed by atoms with Gasteiger partial charge in [-0.1, -0.05) is 103 Å². The molecule has 0 aliphatic rings. The van der Waals surface area contributed by atoms with Crippen LogP contribution in [0.1, 0.15) is 0 Å². The van der Waals surface area contributed by atoms with Crippen LogP contribution in [0.3, 0.4) is 0 Å². The second kappa shape index (κ2) is 12.9. The number of anilines is 3. The van der Waals surface area contributed by atoms with Gasteiger partial charge in [0.25, 0.3) is 0 Å². The van der Waals surface area contributed by atoms with Crippen LogP contribution in [0.5, 0.6) is 0 Å². The van der Waals surface area contributed by atoms with Gasteiger partial charge in [0, 0.05) is 74.6 Å². The fourth-order valence-electron chi connectivity index (χ4n) is 8.52. The number of thiophene rings is 2.